The van der Waals surface area contributed by atoms with Gasteiger partial charge < -0.3 is 25.2 Å². The maximum absolute atomic E-state index is 9.46. The van der Waals surface area contributed by atoms with Crippen molar-refractivity contribution in [2.75, 3.05) is 25.1 Å². The summed E-state index contributed by atoms with van der Waals surface area (Å²) in [5.41, 5.74) is 2.65. The summed E-state index contributed by atoms with van der Waals surface area (Å²) in [4.78, 5) is 8.92. The van der Waals surface area contributed by atoms with Crippen LogP contribution in [0.15, 0.2) is 36.8 Å². The van der Waals surface area contributed by atoms with E-state index < -0.39 is 0 Å². The zero-order valence-corrected chi connectivity index (χ0v) is 20.9. The van der Waals surface area contributed by atoms with Crippen LogP contribution in [-0.4, -0.2) is 57.1 Å². The molecule has 4 rings (SSSR count). The maximum atomic E-state index is 9.46. The van der Waals surface area contributed by atoms with Gasteiger partial charge in [0.2, 0.25) is 5.95 Å². The fourth-order valence-corrected chi connectivity index (χ4v) is 4.28. The Morgan fingerprint density at radius 1 is 1.24 bits per heavy atom. The second kappa shape index (κ2) is 12.7. The Labute approximate surface area is 216 Å². The third kappa shape index (κ3) is 6.74. The molecule has 37 heavy (non-hydrogen) atoms. The van der Waals surface area contributed by atoms with E-state index in [1.807, 2.05) is 23.9 Å². The molecular formula is C26H32N8O3. The predicted molar refractivity (Wildman–Crippen MR) is 139 cm³/mol. The minimum Gasteiger partial charge on any atom is -0.487 e. The van der Waals surface area contributed by atoms with Crippen molar-refractivity contribution in [2.45, 2.75) is 51.2 Å². The van der Waals surface area contributed by atoms with Crippen LogP contribution in [0.4, 0.5) is 11.6 Å². The molecule has 4 N–H and O–H groups in total. The molecule has 0 spiro atoms. The number of benzene rings is 1. The molecule has 0 amide bonds. The molecule has 0 bridgehead atoms. The standard InChI is InChI=1S/C26H32N8O3/c1-18(13-29-17-28)37-24-11-19(7-8-20(24)12-27)21-14-30-26(31-15-21)32-23-16-34(22-5-3-2-4-6-22)33-25(23)36-10-9-35/h7-8,11,14-18,22,35H,2-6,9-10,13H2,1H3,(H2,28,29)(H,30,31,32)/t18-/m0/s1. The summed E-state index contributed by atoms with van der Waals surface area (Å²) >= 11 is 0. The Morgan fingerprint density at radius 3 is 2.73 bits per heavy atom. The first-order chi connectivity index (χ1) is 18.1. The summed E-state index contributed by atoms with van der Waals surface area (Å²) in [7, 11) is 0. The highest BCUT2D eigenvalue weighted by atomic mass is 16.5. The second-order valence-electron chi connectivity index (χ2n) is 8.92. The van der Waals surface area contributed by atoms with Crippen LogP contribution >= 0.6 is 0 Å². The smallest absolute Gasteiger partial charge is 0.257 e. The number of nitrogens with one attached hydrogen (secondary N) is 3. The van der Waals surface area contributed by atoms with Crippen LogP contribution in [0.5, 0.6) is 11.6 Å². The third-order valence-corrected chi connectivity index (χ3v) is 6.15. The molecule has 2 heterocycles. The van der Waals surface area contributed by atoms with E-state index >= 15 is 0 Å². The summed E-state index contributed by atoms with van der Waals surface area (Å²) in [5, 5.41) is 36.3. The molecule has 0 saturated heterocycles. The minimum atomic E-state index is -0.233. The highest BCUT2D eigenvalue weighted by Crippen LogP contribution is 2.33. The van der Waals surface area contributed by atoms with E-state index in [0.29, 0.717) is 41.4 Å². The minimum absolute atomic E-state index is 0.102. The van der Waals surface area contributed by atoms with E-state index in [2.05, 4.69) is 31.8 Å². The molecule has 0 radical (unpaired) electrons. The molecule has 0 unspecified atom stereocenters. The SMILES string of the molecule is C[C@@H](CNC=N)Oc1cc(-c2cnc(Nc3cn(C4CCCCC4)nc3OCCO)nc2)ccc1C#N. The highest BCUT2D eigenvalue weighted by molar-refractivity contribution is 5.67. The molecule has 11 nitrogen and oxygen atoms in total. The van der Waals surface area contributed by atoms with E-state index in [0.717, 1.165) is 30.3 Å². The first-order valence-electron chi connectivity index (χ1n) is 12.5. The van der Waals surface area contributed by atoms with Crippen molar-refractivity contribution in [3.8, 4) is 28.8 Å². The molecule has 1 atom stereocenters. The summed E-state index contributed by atoms with van der Waals surface area (Å²) in [5.74, 6) is 1.26. The van der Waals surface area contributed by atoms with Crippen LogP contribution in [0.2, 0.25) is 0 Å². The van der Waals surface area contributed by atoms with Gasteiger partial charge in [0.15, 0.2) is 0 Å². The van der Waals surface area contributed by atoms with Gasteiger partial charge in [-0.3, -0.25) is 10.1 Å². The van der Waals surface area contributed by atoms with Crippen molar-refractivity contribution in [2.24, 2.45) is 0 Å². The van der Waals surface area contributed by atoms with Gasteiger partial charge in [0.25, 0.3) is 5.88 Å². The van der Waals surface area contributed by atoms with E-state index in [-0.39, 0.29) is 19.3 Å². The van der Waals surface area contributed by atoms with Gasteiger partial charge in [0.1, 0.15) is 30.2 Å². The molecule has 1 saturated carbocycles. The Balaban J connectivity index is 1.51. The van der Waals surface area contributed by atoms with Gasteiger partial charge in [-0.1, -0.05) is 25.3 Å². The topological polar surface area (TPSA) is 154 Å². The lowest BCUT2D eigenvalue weighted by Crippen LogP contribution is -2.27. The van der Waals surface area contributed by atoms with E-state index in [1.165, 1.54) is 19.3 Å². The van der Waals surface area contributed by atoms with Crippen molar-refractivity contribution >= 4 is 18.0 Å². The van der Waals surface area contributed by atoms with E-state index in [4.69, 9.17) is 14.9 Å². The number of hydrogen-bond acceptors (Lipinski definition) is 9. The van der Waals surface area contributed by atoms with Crippen molar-refractivity contribution in [1.29, 1.82) is 10.7 Å². The van der Waals surface area contributed by atoms with Crippen molar-refractivity contribution in [3.05, 3.63) is 42.4 Å². The van der Waals surface area contributed by atoms with Gasteiger partial charge in [0, 0.05) is 18.0 Å². The van der Waals surface area contributed by atoms with Gasteiger partial charge >= 0.3 is 0 Å². The number of hydrogen-bond donors (Lipinski definition) is 4. The first-order valence-corrected chi connectivity index (χ1v) is 12.5. The molecular weight excluding hydrogens is 472 g/mol. The Bertz CT molecular complexity index is 1220. The normalized spacial score (nSPS) is 14.4. The Kier molecular flexibility index (Phi) is 8.89. The number of aliphatic hydroxyl groups is 1. The highest BCUT2D eigenvalue weighted by Gasteiger charge is 2.20. The quantitative estimate of drug-likeness (QED) is 0.213. The van der Waals surface area contributed by atoms with Gasteiger partial charge in [-0.05, 0) is 37.5 Å². The molecule has 1 aliphatic rings. The fraction of sp³-hybridized carbons (Fsp3) is 0.423. The second-order valence-corrected chi connectivity index (χ2v) is 8.92. The lowest BCUT2D eigenvalue weighted by molar-refractivity contribution is 0.194. The average molecular weight is 505 g/mol. The fourth-order valence-electron chi connectivity index (χ4n) is 4.28. The third-order valence-electron chi connectivity index (χ3n) is 6.15. The van der Waals surface area contributed by atoms with Gasteiger partial charge in [-0.15, -0.1) is 5.10 Å². The van der Waals surface area contributed by atoms with Gasteiger partial charge in [-0.2, -0.15) is 5.26 Å². The number of ether oxygens (including phenoxy) is 2. The molecule has 0 aliphatic heterocycles. The van der Waals surface area contributed by atoms with Crippen molar-refractivity contribution < 1.29 is 14.6 Å². The molecule has 1 aromatic carbocycles. The monoisotopic (exact) mass is 504 g/mol. The number of anilines is 2. The largest absolute Gasteiger partial charge is 0.487 e. The number of nitriles is 1. The molecule has 1 fully saturated rings. The zero-order chi connectivity index (χ0) is 26.0. The Hall–Kier alpha value is -4.17. The van der Waals surface area contributed by atoms with Crippen LogP contribution in [0.1, 0.15) is 50.6 Å². The van der Waals surface area contributed by atoms with Crippen LogP contribution in [0.3, 0.4) is 0 Å². The lowest BCUT2D eigenvalue weighted by atomic mass is 9.96. The summed E-state index contributed by atoms with van der Waals surface area (Å²) in [6.07, 6.45) is 12.0. The van der Waals surface area contributed by atoms with E-state index in [9.17, 15) is 10.4 Å². The van der Waals surface area contributed by atoms with Crippen LogP contribution in [0, 0.1) is 16.7 Å². The maximum Gasteiger partial charge on any atom is 0.257 e. The molecule has 1 aliphatic carbocycles. The summed E-state index contributed by atoms with van der Waals surface area (Å²) < 4.78 is 13.5. The molecule has 3 aromatic rings. The zero-order valence-electron chi connectivity index (χ0n) is 20.9. The van der Waals surface area contributed by atoms with Gasteiger partial charge in [-0.25, -0.2) is 9.97 Å². The number of nitrogens with zero attached hydrogens (tertiary/aromatic N) is 5. The van der Waals surface area contributed by atoms with E-state index in [1.54, 1.807) is 24.5 Å². The summed E-state index contributed by atoms with van der Waals surface area (Å²) in [6.45, 7) is 2.36. The van der Waals surface area contributed by atoms with Crippen LogP contribution in [-0.2, 0) is 0 Å². The predicted octanol–water partition coefficient (Wildman–Crippen LogP) is 3.80. The van der Waals surface area contributed by atoms with Crippen LogP contribution in [0.25, 0.3) is 11.1 Å². The molecule has 11 heteroatoms. The Morgan fingerprint density at radius 2 is 2.03 bits per heavy atom. The summed E-state index contributed by atoms with van der Waals surface area (Å²) in [6, 6.07) is 7.81. The number of rotatable bonds is 12. The average Bonchev–Trinajstić information content (AvgIpc) is 3.34. The van der Waals surface area contributed by atoms with Crippen LogP contribution < -0.4 is 20.1 Å². The lowest BCUT2D eigenvalue weighted by Gasteiger charge is -2.21. The van der Waals surface area contributed by atoms with Gasteiger partial charge in [0.05, 0.1) is 37.3 Å². The number of aromatic nitrogens is 4. The van der Waals surface area contributed by atoms with Crippen molar-refractivity contribution in [3.63, 3.8) is 0 Å². The first kappa shape index (κ1) is 25.9. The van der Waals surface area contributed by atoms with Crippen molar-refractivity contribution in [1.82, 2.24) is 25.1 Å². The molecule has 2 aromatic heterocycles. The number of aliphatic hydroxyl groups excluding tert-OH is 1. The molecule has 194 valence electrons.